The Kier molecular flexibility index (Phi) is 4.33. The van der Waals surface area contributed by atoms with Crippen molar-refractivity contribution in [3.8, 4) is 5.75 Å². The molecule has 0 bridgehead atoms. The second-order valence-corrected chi connectivity index (χ2v) is 5.26. The largest absolute Gasteiger partial charge is 0.486 e. The number of aryl methyl sites for hydroxylation is 2. The third-order valence-electron chi connectivity index (χ3n) is 2.65. The molecule has 0 saturated carbocycles. The monoisotopic (exact) mass is 263 g/mol. The fourth-order valence-electron chi connectivity index (χ4n) is 1.75. The van der Waals surface area contributed by atoms with Crippen molar-refractivity contribution in [2.45, 2.75) is 33.5 Å². The van der Waals surface area contributed by atoms with Gasteiger partial charge >= 0.3 is 0 Å². The van der Waals surface area contributed by atoms with E-state index in [0.717, 1.165) is 27.7 Å². The van der Waals surface area contributed by atoms with Crippen molar-refractivity contribution in [1.29, 1.82) is 0 Å². The van der Waals surface area contributed by atoms with E-state index in [1.54, 1.807) is 0 Å². The number of hydrogen-bond acceptors (Lipinski definition) is 4. The quantitative estimate of drug-likeness (QED) is 0.901. The number of ether oxygens (including phenoxy) is 1. The number of aliphatic hydroxyl groups is 1. The molecule has 1 aromatic carbocycles. The summed E-state index contributed by atoms with van der Waals surface area (Å²) in [5, 5.41) is 10.1. The summed E-state index contributed by atoms with van der Waals surface area (Å²) in [6.07, 6.45) is 0.844. The molecule has 0 aliphatic heterocycles. The number of aromatic nitrogens is 1. The minimum absolute atomic E-state index is 0.0608. The molecule has 2 aromatic rings. The van der Waals surface area contributed by atoms with Gasteiger partial charge < -0.3 is 9.84 Å². The number of nitrogens with zero attached hydrogens (tertiary/aromatic N) is 1. The van der Waals surface area contributed by atoms with Crippen LogP contribution in [0.1, 0.15) is 28.1 Å². The number of rotatable bonds is 5. The molecule has 0 aliphatic rings. The number of aliphatic hydroxyl groups excluding tert-OH is 1. The highest BCUT2D eigenvalue weighted by Crippen LogP contribution is 2.21. The predicted octanol–water partition coefficient (Wildman–Crippen LogP) is 3.09. The summed E-state index contributed by atoms with van der Waals surface area (Å²) in [6.45, 7) is 4.60. The van der Waals surface area contributed by atoms with Gasteiger partial charge in [-0.1, -0.05) is 19.1 Å². The summed E-state index contributed by atoms with van der Waals surface area (Å²) in [5.41, 5.74) is 2.15. The molecule has 0 spiro atoms. The van der Waals surface area contributed by atoms with Gasteiger partial charge in [0.25, 0.3) is 0 Å². The van der Waals surface area contributed by atoms with Crippen LogP contribution in [0.4, 0.5) is 0 Å². The lowest BCUT2D eigenvalue weighted by molar-refractivity contribution is 0.284. The Morgan fingerprint density at radius 2 is 2.22 bits per heavy atom. The number of benzene rings is 1. The Balaban J connectivity index is 2.04. The molecule has 0 atom stereocenters. The van der Waals surface area contributed by atoms with Gasteiger partial charge in [-0.3, -0.25) is 0 Å². The van der Waals surface area contributed by atoms with E-state index in [9.17, 15) is 5.11 Å². The van der Waals surface area contributed by atoms with E-state index in [2.05, 4.69) is 4.98 Å². The van der Waals surface area contributed by atoms with Crippen LogP contribution in [0.15, 0.2) is 24.3 Å². The van der Waals surface area contributed by atoms with Gasteiger partial charge in [-0.2, -0.15) is 0 Å². The topological polar surface area (TPSA) is 42.4 Å². The molecule has 3 nitrogen and oxygen atoms in total. The first kappa shape index (κ1) is 13.1. The molecule has 0 radical (unpaired) electrons. The summed E-state index contributed by atoms with van der Waals surface area (Å²) in [6, 6.07) is 7.95. The average molecular weight is 263 g/mol. The first-order valence-electron chi connectivity index (χ1n) is 6.00. The normalized spacial score (nSPS) is 10.6. The van der Waals surface area contributed by atoms with E-state index in [1.807, 2.05) is 38.1 Å². The van der Waals surface area contributed by atoms with E-state index in [0.29, 0.717) is 6.61 Å². The minimum atomic E-state index is 0.0608. The molecule has 1 aromatic heterocycles. The van der Waals surface area contributed by atoms with Crippen LogP contribution in [0.3, 0.4) is 0 Å². The van der Waals surface area contributed by atoms with Crippen molar-refractivity contribution in [3.63, 3.8) is 0 Å². The van der Waals surface area contributed by atoms with Crippen LogP contribution in [0.2, 0.25) is 0 Å². The third-order valence-corrected chi connectivity index (χ3v) is 3.71. The molecular weight excluding hydrogens is 246 g/mol. The lowest BCUT2D eigenvalue weighted by Crippen LogP contribution is -1.95. The van der Waals surface area contributed by atoms with Gasteiger partial charge in [0.1, 0.15) is 17.4 Å². The lowest BCUT2D eigenvalue weighted by Gasteiger charge is -2.04. The van der Waals surface area contributed by atoms with Gasteiger partial charge in [0, 0.05) is 0 Å². The molecule has 4 heteroatoms. The molecule has 1 N–H and O–H groups in total. The van der Waals surface area contributed by atoms with Crippen LogP contribution in [-0.4, -0.2) is 10.1 Å². The fraction of sp³-hybridized carbons (Fsp3) is 0.357. The molecule has 1 heterocycles. The van der Waals surface area contributed by atoms with Crippen molar-refractivity contribution >= 4 is 11.3 Å². The summed E-state index contributed by atoms with van der Waals surface area (Å²) >= 11 is 1.52. The van der Waals surface area contributed by atoms with Gasteiger partial charge in [0.15, 0.2) is 0 Å². The highest BCUT2D eigenvalue weighted by Gasteiger charge is 2.09. The Hall–Kier alpha value is -1.39. The van der Waals surface area contributed by atoms with E-state index >= 15 is 0 Å². The molecule has 0 fully saturated rings. The van der Waals surface area contributed by atoms with Crippen molar-refractivity contribution in [2.75, 3.05) is 0 Å². The first-order valence-corrected chi connectivity index (χ1v) is 6.82. The van der Waals surface area contributed by atoms with Gasteiger partial charge in [-0.25, -0.2) is 4.98 Å². The van der Waals surface area contributed by atoms with Crippen LogP contribution in [0.5, 0.6) is 5.75 Å². The SMILES string of the molecule is CCc1nc(COc2cccc(C)c2)sc1CO. The predicted molar refractivity (Wildman–Crippen MR) is 72.9 cm³/mol. The zero-order valence-electron chi connectivity index (χ0n) is 10.6. The van der Waals surface area contributed by atoms with Gasteiger partial charge in [-0.15, -0.1) is 11.3 Å². The minimum Gasteiger partial charge on any atom is -0.486 e. The number of hydrogen-bond donors (Lipinski definition) is 1. The molecule has 0 unspecified atom stereocenters. The Bertz CT molecular complexity index is 501. The maximum absolute atomic E-state index is 9.21. The van der Waals surface area contributed by atoms with Crippen molar-refractivity contribution in [3.05, 3.63) is 45.4 Å². The second-order valence-electron chi connectivity index (χ2n) is 4.09. The lowest BCUT2D eigenvalue weighted by atomic mass is 10.2. The molecule has 0 amide bonds. The first-order chi connectivity index (χ1) is 8.72. The molecule has 2 rings (SSSR count). The standard InChI is InChI=1S/C14H17NO2S/c1-3-12-13(8-16)18-14(15-12)9-17-11-6-4-5-10(2)7-11/h4-7,16H,3,8-9H2,1-2H3. The summed E-state index contributed by atoms with van der Waals surface area (Å²) < 4.78 is 5.70. The molecular formula is C14H17NO2S. The van der Waals surface area contributed by atoms with Crippen LogP contribution in [0, 0.1) is 6.92 Å². The summed E-state index contributed by atoms with van der Waals surface area (Å²) in [7, 11) is 0. The Labute approximate surface area is 111 Å². The van der Waals surface area contributed by atoms with Crippen LogP contribution in [-0.2, 0) is 19.6 Å². The van der Waals surface area contributed by atoms with Crippen molar-refractivity contribution < 1.29 is 9.84 Å². The van der Waals surface area contributed by atoms with Gasteiger partial charge in [-0.05, 0) is 31.0 Å². The maximum Gasteiger partial charge on any atom is 0.140 e. The van der Waals surface area contributed by atoms with Gasteiger partial charge in [0.05, 0.1) is 17.2 Å². The molecule has 0 saturated heterocycles. The zero-order valence-corrected chi connectivity index (χ0v) is 11.5. The smallest absolute Gasteiger partial charge is 0.140 e. The third kappa shape index (κ3) is 3.09. The van der Waals surface area contributed by atoms with Crippen molar-refractivity contribution in [2.24, 2.45) is 0 Å². The van der Waals surface area contributed by atoms with Gasteiger partial charge in [0.2, 0.25) is 0 Å². The highest BCUT2D eigenvalue weighted by molar-refractivity contribution is 7.11. The van der Waals surface area contributed by atoms with Crippen LogP contribution >= 0.6 is 11.3 Å². The van der Waals surface area contributed by atoms with E-state index < -0.39 is 0 Å². The Morgan fingerprint density at radius 3 is 2.83 bits per heavy atom. The zero-order chi connectivity index (χ0) is 13.0. The molecule has 18 heavy (non-hydrogen) atoms. The maximum atomic E-state index is 9.21. The second kappa shape index (κ2) is 5.98. The average Bonchev–Trinajstić information content (AvgIpc) is 2.79. The summed E-state index contributed by atoms with van der Waals surface area (Å²) in [4.78, 5) is 5.42. The summed E-state index contributed by atoms with van der Waals surface area (Å²) in [5.74, 6) is 0.855. The van der Waals surface area contributed by atoms with E-state index in [-0.39, 0.29) is 6.61 Å². The van der Waals surface area contributed by atoms with Crippen LogP contribution in [0.25, 0.3) is 0 Å². The van der Waals surface area contributed by atoms with Crippen LogP contribution < -0.4 is 4.74 Å². The number of thiazole rings is 1. The molecule has 96 valence electrons. The van der Waals surface area contributed by atoms with Crippen molar-refractivity contribution in [1.82, 2.24) is 4.98 Å². The van der Waals surface area contributed by atoms with E-state index in [4.69, 9.17) is 4.74 Å². The fourth-order valence-corrected chi connectivity index (χ4v) is 2.68. The van der Waals surface area contributed by atoms with E-state index in [1.165, 1.54) is 16.9 Å². The molecule has 0 aliphatic carbocycles. The highest BCUT2D eigenvalue weighted by atomic mass is 32.1. The Morgan fingerprint density at radius 1 is 1.39 bits per heavy atom.